The molecule has 0 saturated heterocycles. The summed E-state index contributed by atoms with van der Waals surface area (Å²) in [5.41, 5.74) is 1.17. The molecule has 8 nitrogen and oxygen atoms in total. The van der Waals surface area contributed by atoms with Crippen molar-refractivity contribution in [1.29, 1.82) is 0 Å². The average Bonchev–Trinajstić information content (AvgIpc) is 3.19. The van der Waals surface area contributed by atoms with Crippen LogP contribution in [0.4, 0.5) is 5.13 Å². The second-order valence-electron chi connectivity index (χ2n) is 5.76. The molecule has 1 amide bonds. The van der Waals surface area contributed by atoms with E-state index >= 15 is 0 Å². The number of nitrogens with zero attached hydrogens (tertiary/aromatic N) is 5. The first-order valence-electron chi connectivity index (χ1n) is 8.16. The Hall–Kier alpha value is -2.81. The minimum absolute atomic E-state index is 0.103. The van der Waals surface area contributed by atoms with E-state index in [0.29, 0.717) is 16.8 Å². The van der Waals surface area contributed by atoms with Crippen LogP contribution in [-0.2, 0) is 24.2 Å². The van der Waals surface area contributed by atoms with Gasteiger partial charge in [0.25, 0.3) is 0 Å². The van der Waals surface area contributed by atoms with Crippen molar-refractivity contribution in [3.05, 3.63) is 46.5 Å². The molecule has 2 heterocycles. The fourth-order valence-electron chi connectivity index (χ4n) is 2.49. The number of carbonyl (C=O) groups is 1. The van der Waals surface area contributed by atoms with E-state index in [1.807, 2.05) is 25.1 Å². The van der Waals surface area contributed by atoms with Gasteiger partial charge in [0.05, 0.1) is 7.11 Å². The summed E-state index contributed by atoms with van der Waals surface area (Å²) < 4.78 is 6.79. The maximum Gasteiger partial charge on any atom is 0.248 e. The van der Waals surface area contributed by atoms with E-state index in [1.54, 1.807) is 18.7 Å². The molecule has 0 fully saturated rings. The van der Waals surface area contributed by atoms with Crippen LogP contribution in [0.3, 0.4) is 0 Å². The van der Waals surface area contributed by atoms with Gasteiger partial charge in [-0.25, -0.2) is 9.67 Å². The van der Waals surface area contributed by atoms with Crippen molar-refractivity contribution >= 4 is 22.4 Å². The normalized spacial score (nSPS) is 10.7. The standard InChI is InChI=1S/C17H20N6O2S/c1-11-18-12(2)23(22-11)10-15(24)19-17-21-20-16(26-17)8-7-13-5-4-6-14(9-13)25-3/h4-6,9H,7-8,10H2,1-3H3,(H,19,21,24). The average molecular weight is 372 g/mol. The molecule has 0 bridgehead atoms. The van der Waals surface area contributed by atoms with E-state index in [9.17, 15) is 4.79 Å². The topological polar surface area (TPSA) is 94.8 Å². The van der Waals surface area contributed by atoms with Gasteiger partial charge >= 0.3 is 0 Å². The van der Waals surface area contributed by atoms with Gasteiger partial charge in [-0.3, -0.25) is 10.1 Å². The summed E-state index contributed by atoms with van der Waals surface area (Å²) >= 11 is 1.38. The molecule has 1 N–H and O–H groups in total. The van der Waals surface area contributed by atoms with Crippen LogP contribution in [0.5, 0.6) is 5.75 Å². The third-order valence-electron chi connectivity index (χ3n) is 3.73. The number of methoxy groups -OCH3 is 1. The Bertz CT molecular complexity index is 904. The number of nitrogens with one attached hydrogen (secondary N) is 1. The number of ether oxygens (including phenoxy) is 1. The molecule has 0 saturated carbocycles. The molecule has 0 aliphatic carbocycles. The van der Waals surface area contributed by atoms with E-state index in [1.165, 1.54) is 16.9 Å². The molecule has 0 radical (unpaired) electrons. The highest BCUT2D eigenvalue weighted by atomic mass is 32.1. The second kappa shape index (κ2) is 8.05. The Kier molecular flexibility index (Phi) is 5.57. The van der Waals surface area contributed by atoms with E-state index in [4.69, 9.17) is 4.74 Å². The highest BCUT2D eigenvalue weighted by Gasteiger charge is 2.11. The zero-order valence-corrected chi connectivity index (χ0v) is 15.7. The van der Waals surface area contributed by atoms with Crippen molar-refractivity contribution in [2.45, 2.75) is 33.2 Å². The SMILES string of the molecule is COc1cccc(CCc2nnc(NC(=O)Cn3nc(C)nc3C)s2)c1. The predicted octanol–water partition coefficient (Wildman–Crippen LogP) is 2.18. The lowest BCUT2D eigenvalue weighted by Crippen LogP contribution is -2.20. The van der Waals surface area contributed by atoms with Gasteiger partial charge in [0.1, 0.15) is 29.0 Å². The van der Waals surface area contributed by atoms with E-state index in [2.05, 4.69) is 31.7 Å². The van der Waals surface area contributed by atoms with E-state index in [0.717, 1.165) is 23.6 Å². The summed E-state index contributed by atoms with van der Waals surface area (Å²) in [4.78, 5) is 16.3. The third-order valence-corrected chi connectivity index (χ3v) is 4.63. The minimum Gasteiger partial charge on any atom is -0.497 e. The molecule has 0 unspecified atom stereocenters. The number of hydrogen-bond donors (Lipinski definition) is 1. The molecule has 2 aromatic heterocycles. The first kappa shape index (κ1) is 18.0. The van der Waals surface area contributed by atoms with Crippen LogP contribution in [0.1, 0.15) is 22.2 Å². The number of amides is 1. The Labute approximate surface area is 155 Å². The number of anilines is 1. The molecule has 0 atom stereocenters. The Balaban J connectivity index is 1.54. The van der Waals surface area contributed by atoms with Gasteiger partial charge in [-0.05, 0) is 38.0 Å². The summed E-state index contributed by atoms with van der Waals surface area (Å²) in [6.07, 6.45) is 1.58. The van der Waals surface area contributed by atoms with Gasteiger partial charge < -0.3 is 4.74 Å². The molecule has 3 rings (SSSR count). The van der Waals surface area contributed by atoms with Gasteiger partial charge in [-0.2, -0.15) is 5.10 Å². The van der Waals surface area contributed by atoms with Crippen molar-refractivity contribution in [3.8, 4) is 5.75 Å². The molecule has 0 aliphatic heterocycles. The molecular formula is C17H20N6O2S. The maximum absolute atomic E-state index is 12.1. The number of benzene rings is 1. The number of rotatable bonds is 7. The zero-order chi connectivity index (χ0) is 18.5. The van der Waals surface area contributed by atoms with Gasteiger partial charge in [0.15, 0.2) is 0 Å². The van der Waals surface area contributed by atoms with Gasteiger partial charge in [0.2, 0.25) is 11.0 Å². The Morgan fingerprint density at radius 1 is 1.27 bits per heavy atom. The summed E-state index contributed by atoms with van der Waals surface area (Å²) in [6.45, 7) is 3.71. The van der Waals surface area contributed by atoms with Gasteiger partial charge in [-0.15, -0.1) is 10.2 Å². The van der Waals surface area contributed by atoms with Crippen LogP contribution in [0.25, 0.3) is 0 Å². The Morgan fingerprint density at radius 2 is 2.12 bits per heavy atom. The fourth-order valence-corrected chi connectivity index (χ4v) is 3.25. The maximum atomic E-state index is 12.1. The highest BCUT2D eigenvalue weighted by Crippen LogP contribution is 2.19. The van der Waals surface area contributed by atoms with E-state index < -0.39 is 0 Å². The van der Waals surface area contributed by atoms with E-state index in [-0.39, 0.29) is 12.5 Å². The summed E-state index contributed by atoms with van der Waals surface area (Å²) in [5.74, 6) is 1.99. The third kappa shape index (κ3) is 4.63. The van der Waals surface area contributed by atoms with Gasteiger partial charge in [-0.1, -0.05) is 23.5 Å². The monoisotopic (exact) mass is 372 g/mol. The molecule has 0 aliphatic rings. The first-order valence-corrected chi connectivity index (χ1v) is 8.98. The molecule has 136 valence electrons. The van der Waals surface area contributed by atoms with Gasteiger partial charge in [0, 0.05) is 6.42 Å². The van der Waals surface area contributed by atoms with Crippen LogP contribution < -0.4 is 10.1 Å². The number of hydrogen-bond acceptors (Lipinski definition) is 7. The minimum atomic E-state index is -0.200. The molecule has 26 heavy (non-hydrogen) atoms. The van der Waals surface area contributed by atoms with Crippen LogP contribution in [0.2, 0.25) is 0 Å². The van der Waals surface area contributed by atoms with Crippen LogP contribution in [0.15, 0.2) is 24.3 Å². The smallest absolute Gasteiger partial charge is 0.248 e. The molecule has 9 heteroatoms. The number of aromatic nitrogens is 5. The molecule has 1 aromatic carbocycles. The lowest BCUT2D eigenvalue weighted by atomic mass is 10.1. The molecule has 3 aromatic rings. The number of carbonyl (C=O) groups excluding carboxylic acids is 1. The summed E-state index contributed by atoms with van der Waals surface area (Å²) in [7, 11) is 1.65. The van der Waals surface area contributed by atoms with Crippen molar-refractivity contribution in [2.75, 3.05) is 12.4 Å². The van der Waals surface area contributed by atoms with Crippen molar-refractivity contribution in [3.63, 3.8) is 0 Å². The van der Waals surface area contributed by atoms with Crippen molar-refractivity contribution < 1.29 is 9.53 Å². The number of aryl methyl sites for hydroxylation is 4. The molecular weight excluding hydrogens is 352 g/mol. The predicted molar refractivity (Wildman–Crippen MR) is 98.4 cm³/mol. The lowest BCUT2D eigenvalue weighted by Gasteiger charge is -2.03. The van der Waals surface area contributed by atoms with Crippen molar-refractivity contribution in [1.82, 2.24) is 25.0 Å². The van der Waals surface area contributed by atoms with Crippen LogP contribution in [0, 0.1) is 13.8 Å². The summed E-state index contributed by atoms with van der Waals surface area (Å²) in [5, 5.41) is 16.5. The lowest BCUT2D eigenvalue weighted by molar-refractivity contribution is -0.116. The first-order chi connectivity index (χ1) is 12.5. The van der Waals surface area contributed by atoms with Crippen LogP contribution in [-0.4, -0.2) is 38.0 Å². The second-order valence-corrected chi connectivity index (χ2v) is 6.83. The molecule has 0 spiro atoms. The van der Waals surface area contributed by atoms with Crippen molar-refractivity contribution in [2.24, 2.45) is 0 Å². The quantitative estimate of drug-likeness (QED) is 0.683. The zero-order valence-electron chi connectivity index (χ0n) is 14.9. The largest absolute Gasteiger partial charge is 0.497 e. The highest BCUT2D eigenvalue weighted by molar-refractivity contribution is 7.15. The fraction of sp³-hybridized carbons (Fsp3) is 0.353. The summed E-state index contributed by atoms with van der Waals surface area (Å²) in [6, 6.07) is 7.94. The van der Waals surface area contributed by atoms with Crippen LogP contribution >= 0.6 is 11.3 Å². The Morgan fingerprint density at radius 3 is 2.85 bits per heavy atom.